The Hall–Kier alpha value is -3.04. The maximum Gasteiger partial charge on any atom is 0.490 e. The number of nitrogens with two attached hydrogens (primary N) is 1. The van der Waals surface area contributed by atoms with E-state index in [2.05, 4.69) is 10.3 Å². The minimum atomic E-state index is -5.11. The molecule has 0 radical (unpaired) electrons. The molecule has 0 aliphatic rings. The van der Waals surface area contributed by atoms with Gasteiger partial charge in [0.1, 0.15) is 6.10 Å². The molecule has 1 amide bonds. The quantitative estimate of drug-likeness (QED) is 0.430. The Bertz CT molecular complexity index is 1130. The molecule has 3 aromatic rings. The van der Waals surface area contributed by atoms with Gasteiger partial charge < -0.3 is 20.8 Å². The molecule has 1 aromatic heterocycles. The summed E-state index contributed by atoms with van der Waals surface area (Å²) in [6.45, 7) is 1.79. The van der Waals surface area contributed by atoms with E-state index >= 15 is 0 Å². The topological polar surface area (TPSA) is 97.2 Å². The molecule has 3 rings (SSSR count). The van der Waals surface area contributed by atoms with Crippen LogP contribution in [0.25, 0.3) is 10.9 Å². The summed E-state index contributed by atoms with van der Waals surface area (Å²) in [4.78, 5) is 26.1. The van der Waals surface area contributed by atoms with Gasteiger partial charge in [-0.05, 0) is 42.7 Å². The molecule has 0 spiro atoms. The van der Waals surface area contributed by atoms with Gasteiger partial charge in [0.2, 0.25) is 0 Å². The smallest absolute Gasteiger partial charge is 0.449 e. The van der Waals surface area contributed by atoms with Gasteiger partial charge >= 0.3 is 12.1 Å². The van der Waals surface area contributed by atoms with Crippen LogP contribution < -0.4 is 11.1 Å². The average Bonchev–Trinajstić information content (AvgIpc) is 3.12. The minimum absolute atomic E-state index is 0.0573. The van der Waals surface area contributed by atoms with Crippen molar-refractivity contribution in [2.75, 3.05) is 6.54 Å². The molecular formula is C22H21ClF3N3O3. The highest BCUT2D eigenvalue weighted by Crippen LogP contribution is 2.26. The lowest BCUT2D eigenvalue weighted by Crippen LogP contribution is -2.35. The molecule has 6 nitrogen and oxygen atoms in total. The lowest BCUT2D eigenvalue weighted by Gasteiger charge is -2.22. The lowest BCUT2D eigenvalue weighted by atomic mass is 10.0. The summed E-state index contributed by atoms with van der Waals surface area (Å²) in [6.07, 6.45) is -4.04. The predicted octanol–water partition coefficient (Wildman–Crippen LogP) is 4.29. The number of para-hydroxylation sites is 1. The van der Waals surface area contributed by atoms with Crippen LogP contribution in [0.1, 0.15) is 34.5 Å². The van der Waals surface area contributed by atoms with Crippen molar-refractivity contribution < 1.29 is 27.5 Å². The number of halogens is 4. The van der Waals surface area contributed by atoms with Crippen molar-refractivity contribution in [2.24, 2.45) is 5.73 Å². The SMILES string of the molecule is C[C@H](Cc1c[nH]c2c(C(N)=O)cccc12)NC[C@@H](OC(=O)C(F)(F)F)c1cccc(Cl)c1. The van der Waals surface area contributed by atoms with E-state index in [0.29, 0.717) is 28.1 Å². The van der Waals surface area contributed by atoms with Crippen LogP contribution in [-0.2, 0) is 16.0 Å². The molecule has 0 fully saturated rings. The van der Waals surface area contributed by atoms with Gasteiger partial charge in [-0.15, -0.1) is 0 Å². The molecule has 10 heteroatoms. The summed E-state index contributed by atoms with van der Waals surface area (Å²) in [5, 5.41) is 4.24. The Labute approximate surface area is 186 Å². The van der Waals surface area contributed by atoms with Crippen LogP contribution in [0.3, 0.4) is 0 Å². The fraction of sp³-hybridized carbons (Fsp3) is 0.273. The van der Waals surface area contributed by atoms with Crippen molar-refractivity contribution in [2.45, 2.75) is 31.7 Å². The van der Waals surface area contributed by atoms with Crippen molar-refractivity contribution in [3.05, 3.63) is 70.4 Å². The van der Waals surface area contributed by atoms with Crippen LogP contribution in [0.15, 0.2) is 48.7 Å². The number of aromatic amines is 1. The largest absolute Gasteiger partial charge is 0.490 e. The maximum atomic E-state index is 12.7. The molecule has 4 N–H and O–H groups in total. The second-order valence-electron chi connectivity index (χ2n) is 7.37. The Morgan fingerprint density at radius 1 is 1.22 bits per heavy atom. The van der Waals surface area contributed by atoms with E-state index in [1.165, 1.54) is 12.1 Å². The van der Waals surface area contributed by atoms with Gasteiger partial charge in [0.15, 0.2) is 0 Å². The highest BCUT2D eigenvalue weighted by Gasteiger charge is 2.42. The molecule has 32 heavy (non-hydrogen) atoms. The number of alkyl halides is 3. The highest BCUT2D eigenvalue weighted by atomic mass is 35.5. The van der Waals surface area contributed by atoms with Crippen LogP contribution >= 0.6 is 11.6 Å². The first kappa shape index (κ1) is 23.6. The zero-order chi connectivity index (χ0) is 23.5. The van der Waals surface area contributed by atoms with Crippen molar-refractivity contribution in [3.63, 3.8) is 0 Å². The number of H-pyrrole nitrogens is 1. The van der Waals surface area contributed by atoms with Gasteiger partial charge in [0, 0.05) is 29.2 Å². The fourth-order valence-corrected chi connectivity index (χ4v) is 3.63. The Morgan fingerprint density at radius 2 is 1.94 bits per heavy atom. The van der Waals surface area contributed by atoms with Crippen molar-refractivity contribution in [1.82, 2.24) is 10.3 Å². The number of benzene rings is 2. The third kappa shape index (κ3) is 5.60. The molecule has 0 aliphatic heterocycles. The summed E-state index contributed by atoms with van der Waals surface area (Å²) >= 11 is 5.94. The molecule has 2 aromatic carbocycles. The summed E-state index contributed by atoms with van der Waals surface area (Å²) in [7, 11) is 0. The van der Waals surface area contributed by atoms with Gasteiger partial charge in [0.25, 0.3) is 5.91 Å². The number of ether oxygens (including phenoxy) is 1. The predicted molar refractivity (Wildman–Crippen MR) is 114 cm³/mol. The number of carbonyl (C=O) groups is 2. The molecule has 0 unspecified atom stereocenters. The monoisotopic (exact) mass is 467 g/mol. The van der Waals surface area contributed by atoms with E-state index in [9.17, 15) is 22.8 Å². The maximum absolute atomic E-state index is 12.7. The van der Waals surface area contributed by atoms with E-state index in [4.69, 9.17) is 22.1 Å². The third-order valence-electron chi connectivity index (χ3n) is 4.95. The first-order valence-corrected chi connectivity index (χ1v) is 10.1. The first-order chi connectivity index (χ1) is 15.1. The normalized spacial score (nSPS) is 13.7. The standard InChI is InChI=1S/C22H21ClF3N3O3/c1-12(8-14-10-29-19-16(14)6-3-7-17(19)20(27)30)28-11-18(32-21(31)22(24,25)26)13-4-2-5-15(23)9-13/h2-7,9-10,12,18,28-29H,8,11H2,1H3,(H2,27,30)/t12-,18-/m1/s1. The minimum Gasteiger partial charge on any atom is -0.449 e. The Kier molecular flexibility index (Phi) is 7.10. The number of amides is 1. The summed E-state index contributed by atoms with van der Waals surface area (Å²) < 4.78 is 42.9. The fourth-order valence-electron chi connectivity index (χ4n) is 3.43. The highest BCUT2D eigenvalue weighted by molar-refractivity contribution is 6.30. The molecule has 1 heterocycles. The number of nitrogens with one attached hydrogen (secondary N) is 2. The zero-order valence-corrected chi connectivity index (χ0v) is 17.8. The number of fused-ring (bicyclic) bond motifs is 1. The summed E-state index contributed by atoms with van der Waals surface area (Å²) in [5.74, 6) is -2.82. The molecular weight excluding hydrogens is 447 g/mol. The van der Waals surface area contributed by atoms with E-state index in [0.717, 1.165) is 10.9 Å². The molecule has 0 saturated carbocycles. The number of primary amides is 1. The average molecular weight is 468 g/mol. The number of aromatic nitrogens is 1. The Morgan fingerprint density at radius 3 is 2.59 bits per heavy atom. The van der Waals surface area contributed by atoms with Gasteiger partial charge in [-0.2, -0.15) is 13.2 Å². The van der Waals surface area contributed by atoms with Crippen LogP contribution in [0.5, 0.6) is 0 Å². The molecule has 170 valence electrons. The van der Waals surface area contributed by atoms with Crippen molar-refractivity contribution in [1.29, 1.82) is 0 Å². The van der Waals surface area contributed by atoms with Crippen LogP contribution in [0.4, 0.5) is 13.2 Å². The number of hydrogen-bond donors (Lipinski definition) is 3. The van der Waals surface area contributed by atoms with E-state index in [1.807, 2.05) is 13.0 Å². The number of esters is 1. The molecule has 0 saturated heterocycles. The Balaban J connectivity index is 1.73. The van der Waals surface area contributed by atoms with Crippen molar-refractivity contribution in [3.8, 4) is 0 Å². The lowest BCUT2D eigenvalue weighted by molar-refractivity contribution is -0.205. The second-order valence-corrected chi connectivity index (χ2v) is 7.80. The van der Waals surface area contributed by atoms with Gasteiger partial charge in [0.05, 0.1) is 11.1 Å². The molecule has 2 atom stereocenters. The summed E-state index contributed by atoms with van der Waals surface area (Å²) in [5.41, 5.74) is 7.64. The second kappa shape index (κ2) is 9.62. The van der Waals surface area contributed by atoms with Gasteiger partial charge in [-0.25, -0.2) is 4.79 Å². The van der Waals surface area contributed by atoms with Crippen molar-refractivity contribution >= 4 is 34.4 Å². The number of hydrogen-bond acceptors (Lipinski definition) is 4. The number of rotatable bonds is 8. The van der Waals surface area contributed by atoms with Gasteiger partial charge in [-0.3, -0.25) is 4.79 Å². The third-order valence-corrected chi connectivity index (χ3v) is 5.18. The summed E-state index contributed by atoms with van der Waals surface area (Å²) in [6, 6.07) is 11.1. The van der Waals surface area contributed by atoms with E-state index in [1.54, 1.807) is 30.5 Å². The molecule has 0 bridgehead atoms. The van der Waals surface area contributed by atoms with Gasteiger partial charge in [-0.1, -0.05) is 35.9 Å². The zero-order valence-electron chi connectivity index (χ0n) is 17.0. The van der Waals surface area contributed by atoms with E-state index < -0.39 is 24.2 Å². The first-order valence-electron chi connectivity index (χ1n) is 9.71. The number of carbonyl (C=O) groups excluding carboxylic acids is 2. The van der Waals surface area contributed by atoms with Crippen LogP contribution in [-0.4, -0.2) is 35.6 Å². The van der Waals surface area contributed by atoms with E-state index in [-0.39, 0.29) is 12.6 Å². The van der Waals surface area contributed by atoms with Crippen LogP contribution in [0, 0.1) is 0 Å². The van der Waals surface area contributed by atoms with Crippen LogP contribution in [0.2, 0.25) is 5.02 Å². The molecule has 0 aliphatic carbocycles.